The fraction of sp³-hybridized carbons (Fsp3) is 0.429. The highest BCUT2D eigenvalue weighted by Crippen LogP contribution is 2.29. The number of nitrogens with one attached hydrogen (secondary N) is 2. The summed E-state index contributed by atoms with van der Waals surface area (Å²) in [5, 5.41) is 14.2. The Bertz CT molecular complexity index is 502. The van der Waals surface area contributed by atoms with E-state index in [2.05, 4.69) is 42.3 Å². The maximum absolute atomic E-state index is 10.1. The number of benzene rings is 1. The minimum Gasteiger partial charge on any atom is -0.387 e. The van der Waals surface area contributed by atoms with Crippen molar-refractivity contribution < 1.29 is 5.11 Å². The van der Waals surface area contributed by atoms with Crippen LogP contribution in [0.5, 0.6) is 0 Å². The highest BCUT2D eigenvalue weighted by Gasteiger charge is 2.14. The van der Waals surface area contributed by atoms with Crippen molar-refractivity contribution >= 4 is 10.9 Å². The third-order valence-electron chi connectivity index (χ3n) is 3.16. The molecule has 2 rings (SSSR count). The second-order valence-electron chi connectivity index (χ2n) is 4.74. The van der Waals surface area contributed by atoms with E-state index in [4.69, 9.17) is 0 Å². The van der Waals surface area contributed by atoms with Crippen LogP contribution in [-0.4, -0.2) is 23.7 Å². The summed E-state index contributed by atoms with van der Waals surface area (Å²) in [5.41, 5.74) is 3.41. The van der Waals surface area contributed by atoms with Gasteiger partial charge in [0.15, 0.2) is 0 Å². The summed E-state index contributed by atoms with van der Waals surface area (Å²) < 4.78 is 0. The molecular formula is C14H20N2O. The highest BCUT2D eigenvalue weighted by molar-refractivity contribution is 5.86. The monoisotopic (exact) mass is 232 g/mol. The quantitative estimate of drug-likeness (QED) is 0.758. The molecule has 0 saturated carbocycles. The van der Waals surface area contributed by atoms with Crippen LogP contribution in [0.2, 0.25) is 0 Å². The van der Waals surface area contributed by atoms with Gasteiger partial charge in [0.2, 0.25) is 0 Å². The lowest BCUT2D eigenvalue weighted by Gasteiger charge is -2.10. The molecule has 0 fully saturated rings. The van der Waals surface area contributed by atoms with Crippen LogP contribution in [0.15, 0.2) is 24.4 Å². The third-order valence-corrected chi connectivity index (χ3v) is 3.16. The zero-order chi connectivity index (χ0) is 12.4. The van der Waals surface area contributed by atoms with Gasteiger partial charge >= 0.3 is 0 Å². The molecule has 17 heavy (non-hydrogen) atoms. The average molecular weight is 232 g/mol. The van der Waals surface area contributed by atoms with Gasteiger partial charge in [0.05, 0.1) is 6.10 Å². The van der Waals surface area contributed by atoms with E-state index < -0.39 is 6.10 Å². The van der Waals surface area contributed by atoms with Gasteiger partial charge in [-0.25, -0.2) is 0 Å². The van der Waals surface area contributed by atoms with Crippen LogP contribution in [0.25, 0.3) is 10.9 Å². The van der Waals surface area contributed by atoms with Crippen molar-refractivity contribution in [1.82, 2.24) is 10.3 Å². The Morgan fingerprint density at radius 2 is 2.06 bits per heavy atom. The maximum Gasteiger partial charge on any atom is 0.0934 e. The summed E-state index contributed by atoms with van der Waals surface area (Å²) in [6.07, 6.45) is 1.45. The van der Waals surface area contributed by atoms with Gasteiger partial charge in [-0.05, 0) is 18.5 Å². The minimum absolute atomic E-state index is 0.462. The number of likely N-dealkylation sites (N-methyl/N-ethyl adjacent to an activating group) is 1. The van der Waals surface area contributed by atoms with Crippen LogP contribution < -0.4 is 5.32 Å². The van der Waals surface area contributed by atoms with E-state index >= 15 is 0 Å². The third kappa shape index (κ3) is 2.21. The Kier molecular flexibility index (Phi) is 3.50. The van der Waals surface area contributed by atoms with E-state index in [-0.39, 0.29) is 0 Å². The van der Waals surface area contributed by atoms with E-state index in [0.717, 1.165) is 16.5 Å². The first-order valence-corrected chi connectivity index (χ1v) is 6.07. The standard InChI is InChI=1S/C14H20N2O/c1-9(2)10-5-4-6-11-12(7-16-14(10)11)13(17)8-15-3/h4-7,9,13,15-17H,8H2,1-3H3. The van der Waals surface area contributed by atoms with Crippen molar-refractivity contribution in [2.75, 3.05) is 13.6 Å². The van der Waals surface area contributed by atoms with Crippen LogP contribution in [0.1, 0.15) is 37.0 Å². The Balaban J connectivity index is 2.51. The number of hydrogen-bond acceptors (Lipinski definition) is 2. The van der Waals surface area contributed by atoms with Crippen molar-refractivity contribution in [3.8, 4) is 0 Å². The normalized spacial score (nSPS) is 13.5. The molecule has 0 radical (unpaired) electrons. The number of para-hydroxylation sites is 1. The van der Waals surface area contributed by atoms with Gasteiger partial charge in [0.1, 0.15) is 0 Å². The number of H-pyrrole nitrogens is 1. The second-order valence-corrected chi connectivity index (χ2v) is 4.74. The van der Waals surface area contributed by atoms with Crippen LogP contribution in [0.3, 0.4) is 0 Å². The Hall–Kier alpha value is -1.32. The molecule has 0 spiro atoms. The first-order valence-electron chi connectivity index (χ1n) is 6.07. The molecular weight excluding hydrogens is 212 g/mol. The Labute approximate surface area is 102 Å². The summed E-state index contributed by atoms with van der Waals surface area (Å²) in [6, 6.07) is 6.25. The van der Waals surface area contributed by atoms with Crippen LogP contribution in [-0.2, 0) is 0 Å². The number of fused-ring (bicyclic) bond motifs is 1. The van der Waals surface area contributed by atoms with E-state index in [1.807, 2.05) is 13.2 Å². The van der Waals surface area contributed by atoms with Gasteiger partial charge in [-0.1, -0.05) is 32.0 Å². The van der Waals surface area contributed by atoms with E-state index in [1.165, 1.54) is 5.56 Å². The smallest absolute Gasteiger partial charge is 0.0934 e. The first kappa shape index (κ1) is 12.1. The van der Waals surface area contributed by atoms with Crippen molar-refractivity contribution in [3.63, 3.8) is 0 Å². The molecule has 0 aliphatic rings. The molecule has 1 aromatic carbocycles. The maximum atomic E-state index is 10.1. The molecule has 0 aliphatic heterocycles. The number of aromatic nitrogens is 1. The molecule has 3 nitrogen and oxygen atoms in total. The van der Waals surface area contributed by atoms with Gasteiger partial charge in [-0.2, -0.15) is 0 Å². The van der Waals surface area contributed by atoms with Crippen molar-refractivity contribution in [1.29, 1.82) is 0 Å². The molecule has 92 valence electrons. The van der Waals surface area contributed by atoms with Crippen molar-refractivity contribution in [3.05, 3.63) is 35.5 Å². The summed E-state index contributed by atoms with van der Waals surface area (Å²) in [5.74, 6) is 0.478. The minimum atomic E-state index is -0.462. The molecule has 0 aliphatic carbocycles. The van der Waals surface area contributed by atoms with E-state index in [9.17, 15) is 5.11 Å². The van der Waals surface area contributed by atoms with E-state index in [1.54, 1.807) is 0 Å². The molecule has 3 N–H and O–H groups in total. The topological polar surface area (TPSA) is 48.0 Å². The molecule has 1 atom stereocenters. The predicted octanol–water partition coefficient (Wildman–Crippen LogP) is 2.54. The molecule has 1 unspecified atom stereocenters. The number of aromatic amines is 1. The molecule has 1 heterocycles. The van der Waals surface area contributed by atoms with E-state index in [0.29, 0.717) is 12.5 Å². The summed E-state index contributed by atoms with van der Waals surface area (Å²) in [7, 11) is 1.84. The predicted molar refractivity (Wildman–Crippen MR) is 71.3 cm³/mol. The van der Waals surface area contributed by atoms with Crippen LogP contribution >= 0.6 is 0 Å². The highest BCUT2D eigenvalue weighted by atomic mass is 16.3. The number of hydrogen-bond donors (Lipinski definition) is 3. The SMILES string of the molecule is CNCC(O)c1c[nH]c2c(C(C)C)cccc12. The lowest BCUT2D eigenvalue weighted by molar-refractivity contribution is 0.179. The number of aliphatic hydroxyl groups is 1. The van der Waals surface area contributed by atoms with Crippen LogP contribution in [0.4, 0.5) is 0 Å². The lowest BCUT2D eigenvalue weighted by atomic mass is 9.98. The number of aliphatic hydroxyl groups excluding tert-OH is 1. The largest absolute Gasteiger partial charge is 0.387 e. The molecule has 0 saturated heterocycles. The van der Waals surface area contributed by atoms with Gasteiger partial charge in [0.25, 0.3) is 0 Å². The zero-order valence-corrected chi connectivity index (χ0v) is 10.6. The van der Waals surface area contributed by atoms with Crippen molar-refractivity contribution in [2.45, 2.75) is 25.9 Å². The van der Waals surface area contributed by atoms with Gasteiger partial charge in [-0.15, -0.1) is 0 Å². The molecule has 1 aromatic heterocycles. The lowest BCUT2D eigenvalue weighted by Crippen LogP contribution is -2.16. The van der Waals surface area contributed by atoms with Crippen LogP contribution in [0, 0.1) is 0 Å². The summed E-state index contributed by atoms with van der Waals surface area (Å²) >= 11 is 0. The first-order chi connectivity index (χ1) is 8.15. The van der Waals surface area contributed by atoms with Gasteiger partial charge < -0.3 is 15.4 Å². The van der Waals surface area contributed by atoms with Crippen molar-refractivity contribution in [2.24, 2.45) is 0 Å². The summed E-state index contributed by atoms with van der Waals surface area (Å²) in [6.45, 7) is 4.93. The Morgan fingerprint density at radius 3 is 2.71 bits per heavy atom. The van der Waals surface area contributed by atoms with Gasteiger partial charge in [0, 0.05) is 29.2 Å². The fourth-order valence-electron chi connectivity index (χ4n) is 2.26. The molecule has 0 bridgehead atoms. The molecule has 3 heteroatoms. The summed E-state index contributed by atoms with van der Waals surface area (Å²) in [4.78, 5) is 3.29. The zero-order valence-electron chi connectivity index (χ0n) is 10.6. The molecule has 2 aromatic rings. The molecule has 0 amide bonds. The second kappa shape index (κ2) is 4.90. The average Bonchev–Trinajstić information content (AvgIpc) is 2.72. The fourth-order valence-corrected chi connectivity index (χ4v) is 2.26. The number of rotatable bonds is 4. The Morgan fingerprint density at radius 1 is 1.29 bits per heavy atom. The van der Waals surface area contributed by atoms with Gasteiger partial charge in [-0.3, -0.25) is 0 Å².